The Bertz CT molecular complexity index is 1240. The van der Waals surface area contributed by atoms with E-state index in [9.17, 15) is 14.7 Å². The van der Waals surface area contributed by atoms with Gasteiger partial charge in [0.1, 0.15) is 12.0 Å². The predicted octanol–water partition coefficient (Wildman–Crippen LogP) is 4.07. The lowest BCUT2D eigenvalue weighted by Gasteiger charge is -2.21. The number of aromatic amines is 1. The molecule has 0 spiro atoms. The predicted molar refractivity (Wildman–Crippen MR) is 137 cm³/mol. The normalized spacial score (nSPS) is 12.5. The molecule has 0 aliphatic rings. The Labute approximate surface area is 206 Å². The first-order valence-corrected chi connectivity index (χ1v) is 11.8. The van der Waals surface area contributed by atoms with Crippen molar-refractivity contribution in [2.24, 2.45) is 0 Å². The summed E-state index contributed by atoms with van der Waals surface area (Å²) < 4.78 is 5.84. The van der Waals surface area contributed by atoms with Crippen molar-refractivity contribution in [2.75, 3.05) is 7.05 Å². The Morgan fingerprint density at radius 1 is 1.14 bits per heavy atom. The van der Waals surface area contributed by atoms with Crippen LogP contribution in [0.3, 0.4) is 0 Å². The van der Waals surface area contributed by atoms with Crippen LogP contribution in [0.4, 0.5) is 0 Å². The van der Waals surface area contributed by atoms with Gasteiger partial charge in [-0.3, -0.25) is 9.59 Å². The number of hydrogen-bond acceptors (Lipinski definition) is 4. The van der Waals surface area contributed by atoms with Crippen LogP contribution in [0, 0.1) is 11.8 Å². The molecule has 7 heteroatoms. The van der Waals surface area contributed by atoms with Crippen molar-refractivity contribution < 1.29 is 19.4 Å². The smallest absolute Gasteiger partial charge is 0.257 e. The molecule has 1 heterocycles. The molecule has 7 nitrogen and oxygen atoms in total. The van der Waals surface area contributed by atoms with Gasteiger partial charge >= 0.3 is 0 Å². The molecule has 35 heavy (non-hydrogen) atoms. The minimum absolute atomic E-state index is 0.0126. The number of ether oxygens (including phenoxy) is 1. The highest BCUT2D eigenvalue weighted by atomic mass is 16.5. The molecule has 0 aliphatic heterocycles. The molecule has 2 atom stereocenters. The van der Waals surface area contributed by atoms with E-state index in [-0.39, 0.29) is 17.9 Å². The van der Waals surface area contributed by atoms with Gasteiger partial charge in [0.15, 0.2) is 0 Å². The molecule has 184 valence electrons. The number of amides is 2. The minimum Gasteiger partial charge on any atom is -0.490 e. The molecular formula is C28H33N3O4. The number of benzene rings is 2. The second-order valence-electron chi connectivity index (χ2n) is 8.70. The maximum absolute atomic E-state index is 13.2. The summed E-state index contributed by atoms with van der Waals surface area (Å²) in [7, 11) is 1.61. The van der Waals surface area contributed by atoms with E-state index >= 15 is 0 Å². The number of fused-ring (bicyclic) bond motifs is 1. The van der Waals surface area contributed by atoms with E-state index in [1.54, 1.807) is 25.2 Å². The number of nitrogens with one attached hydrogen (secondary N) is 3. The second-order valence-corrected chi connectivity index (χ2v) is 8.70. The lowest BCUT2D eigenvalue weighted by molar-refractivity contribution is -0.120. The molecular weight excluding hydrogens is 442 g/mol. The van der Waals surface area contributed by atoms with Crippen LogP contribution in [0.1, 0.15) is 67.4 Å². The number of aromatic nitrogens is 1. The van der Waals surface area contributed by atoms with Gasteiger partial charge in [-0.15, -0.1) is 0 Å². The molecule has 0 aliphatic carbocycles. The fourth-order valence-corrected chi connectivity index (χ4v) is 3.75. The fourth-order valence-electron chi connectivity index (χ4n) is 3.75. The van der Waals surface area contributed by atoms with Crippen LogP contribution in [-0.2, 0) is 4.79 Å². The highest BCUT2D eigenvalue weighted by Crippen LogP contribution is 2.28. The van der Waals surface area contributed by atoms with Crippen molar-refractivity contribution in [3.05, 3.63) is 65.4 Å². The maximum Gasteiger partial charge on any atom is 0.257 e. The third kappa shape index (κ3) is 6.87. The minimum atomic E-state index is -1.10. The maximum atomic E-state index is 13.2. The van der Waals surface area contributed by atoms with Gasteiger partial charge in [0.05, 0.1) is 11.7 Å². The first-order valence-electron chi connectivity index (χ1n) is 11.8. The van der Waals surface area contributed by atoms with Crippen molar-refractivity contribution in [1.82, 2.24) is 15.6 Å². The van der Waals surface area contributed by atoms with Gasteiger partial charge in [-0.2, -0.15) is 0 Å². The highest BCUT2D eigenvalue weighted by Gasteiger charge is 2.23. The number of para-hydroxylation sites is 1. The fraction of sp³-hybridized carbons (Fsp3) is 0.357. The molecule has 0 bridgehead atoms. The van der Waals surface area contributed by atoms with Gasteiger partial charge in [-0.25, -0.2) is 0 Å². The average molecular weight is 476 g/mol. The summed E-state index contributed by atoms with van der Waals surface area (Å²) in [6, 6.07) is 13.0. The molecule has 0 saturated carbocycles. The molecule has 0 fully saturated rings. The standard InChI is InChI=1S/C28H33N3O4/c1-18(2)35-25-15-14-20(10-6-5-7-13-26(32)29-4)16-22(25)28(34)31-27(33)19(3)23-17-30-24-12-9-8-11-21(23)24/h8-9,11-12,14-19,27,30,33H,5,7,13H2,1-4H3,(H,29,32)(H,31,34)/t19?,27-/m1/s1. The summed E-state index contributed by atoms with van der Waals surface area (Å²) in [5, 5.41) is 17.2. The van der Waals surface area contributed by atoms with E-state index in [4.69, 9.17) is 4.74 Å². The highest BCUT2D eigenvalue weighted by molar-refractivity contribution is 5.97. The number of carbonyl (C=O) groups excluding carboxylic acids is 2. The van der Waals surface area contributed by atoms with Crippen molar-refractivity contribution >= 4 is 22.7 Å². The molecule has 0 radical (unpaired) electrons. The van der Waals surface area contributed by atoms with Crippen LogP contribution in [0.25, 0.3) is 10.9 Å². The lowest BCUT2D eigenvalue weighted by Crippen LogP contribution is -2.38. The largest absolute Gasteiger partial charge is 0.490 e. The van der Waals surface area contributed by atoms with Crippen LogP contribution in [0.5, 0.6) is 5.75 Å². The Hall–Kier alpha value is -3.76. The summed E-state index contributed by atoms with van der Waals surface area (Å²) >= 11 is 0. The van der Waals surface area contributed by atoms with E-state index in [2.05, 4.69) is 27.5 Å². The molecule has 2 amide bonds. The van der Waals surface area contributed by atoms with Crippen LogP contribution < -0.4 is 15.4 Å². The Morgan fingerprint density at radius 3 is 2.66 bits per heavy atom. The van der Waals surface area contributed by atoms with Gasteiger partial charge in [0.2, 0.25) is 5.91 Å². The van der Waals surface area contributed by atoms with E-state index < -0.39 is 12.1 Å². The summed E-state index contributed by atoms with van der Waals surface area (Å²) in [4.78, 5) is 27.7. The first-order chi connectivity index (χ1) is 16.8. The average Bonchev–Trinajstić information content (AvgIpc) is 3.27. The first kappa shape index (κ1) is 25.9. The number of carbonyl (C=O) groups is 2. The molecule has 1 unspecified atom stereocenters. The molecule has 3 rings (SSSR count). The number of aliphatic hydroxyl groups is 1. The molecule has 2 aromatic carbocycles. The van der Waals surface area contributed by atoms with Crippen LogP contribution >= 0.6 is 0 Å². The van der Waals surface area contributed by atoms with Gasteiger partial charge in [-0.1, -0.05) is 37.0 Å². The number of rotatable bonds is 9. The van der Waals surface area contributed by atoms with Gasteiger partial charge in [0.25, 0.3) is 5.91 Å². The van der Waals surface area contributed by atoms with Gasteiger partial charge in [-0.05, 0) is 50.1 Å². The topological polar surface area (TPSA) is 103 Å². The molecule has 1 aromatic heterocycles. The zero-order valence-corrected chi connectivity index (χ0v) is 20.6. The molecule has 4 N–H and O–H groups in total. The van der Waals surface area contributed by atoms with Gasteiger partial charge < -0.3 is 25.5 Å². The number of aliphatic hydroxyl groups excluding tert-OH is 1. The summed E-state index contributed by atoms with van der Waals surface area (Å²) in [5.74, 6) is 5.73. The SMILES string of the molecule is CNC(=O)CCCC#Cc1ccc(OC(C)C)c(C(=O)N[C@H](O)C(C)c2c[nH]c3ccccc23)c1. The van der Waals surface area contributed by atoms with E-state index in [1.165, 1.54) is 0 Å². The van der Waals surface area contributed by atoms with Crippen LogP contribution in [0.15, 0.2) is 48.7 Å². The summed E-state index contributed by atoms with van der Waals surface area (Å²) in [6.07, 6.45) is 2.28. The van der Waals surface area contributed by atoms with E-state index in [0.29, 0.717) is 36.1 Å². The summed E-state index contributed by atoms with van der Waals surface area (Å²) in [5.41, 5.74) is 2.86. The van der Waals surface area contributed by atoms with Crippen LogP contribution in [0.2, 0.25) is 0 Å². The van der Waals surface area contributed by atoms with Gasteiger partial charge in [0, 0.05) is 48.5 Å². The lowest BCUT2D eigenvalue weighted by atomic mass is 9.98. The van der Waals surface area contributed by atoms with Crippen molar-refractivity contribution in [3.8, 4) is 17.6 Å². The Balaban J connectivity index is 1.75. The zero-order chi connectivity index (χ0) is 25.4. The van der Waals surface area contributed by atoms with Crippen molar-refractivity contribution in [2.45, 2.75) is 58.3 Å². The van der Waals surface area contributed by atoms with Crippen LogP contribution in [-0.4, -0.2) is 41.3 Å². The summed E-state index contributed by atoms with van der Waals surface area (Å²) in [6.45, 7) is 5.64. The molecule has 0 saturated heterocycles. The van der Waals surface area contributed by atoms with E-state index in [0.717, 1.165) is 16.5 Å². The zero-order valence-electron chi connectivity index (χ0n) is 20.6. The quantitative estimate of drug-likeness (QED) is 0.213. The third-order valence-electron chi connectivity index (χ3n) is 5.67. The number of hydrogen-bond donors (Lipinski definition) is 4. The van der Waals surface area contributed by atoms with Crippen molar-refractivity contribution in [1.29, 1.82) is 0 Å². The monoisotopic (exact) mass is 475 g/mol. The third-order valence-corrected chi connectivity index (χ3v) is 5.67. The van der Waals surface area contributed by atoms with Crippen molar-refractivity contribution in [3.63, 3.8) is 0 Å². The number of unbranched alkanes of at least 4 members (excludes halogenated alkanes) is 1. The Morgan fingerprint density at radius 2 is 1.91 bits per heavy atom. The second kappa shape index (κ2) is 12.1. The number of H-pyrrole nitrogens is 1. The Kier molecular flexibility index (Phi) is 8.93. The van der Waals surface area contributed by atoms with E-state index in [1.807, 2.05) is 51.2 Å². The molecule has 3 aromatic rings.